The molecule has 0 aromatic carbocycles. The van der Waals surface area contributed by atoms with Gasteiger partial charge in [0.25, 0.3) is 0 Å². The van der Waals surface area contributed by atoms with Crippen molar-refractivity contribution in [3.8, 4) is 0 Å². The molecule has 0 radical (unpaired) electrons. The second-order valence-corrected chi connectivity index (χ2v) is 5.75. The molecular formula is C14H14N2OS. The summed E-state index contributed by atoms with van der Waals surface area (Å²) >= 11 is 1.57. The van der Waals surface area contributed by atoms with Crippen molar-refractivity contribution in [2.45, 2.75) is 26.2 Å². The fourth-order valence-corrected chi connectivity index (χ4v) is 3.58. The van der Waals surface area contributed by atoms with Crippen molar-refractivity contribution >= 4 is 22.1 Å². The van der Waals surface area contributed by atoms with E-state index >= 15 is 0 Å². The average Bonchev–Trinajstić information content (AvgIpc) is 2.89. The van der Waals surface area contributed by atoms with Gasteiger partial charge in [-0.05, 0) is 43.9 Å². The zero-order chi connectivity index (χ0) is 12.7. The van der Waals surface area contributed by atoms with Crippen molar-refractivity contribution < 1.29 is 4.79 Å². The number of carbonyl (C=O) groups excluding carboxylic acids is 1. The lowest BCUT2D eigenvalue weighted by atomic mass is 10.0. The molecule has 4 heteroatoms. The maximum atomic E-state index is 12.5. The Morgan fingerprint density at radius 1 is 1.39 bits per heavy atom. The van der Waals surface area contributed by atoms with E-state index in [0.29, 0.717) is 10.6 Å². The van der Waals surface area contributed by atoms with E-state index in [1.807, 2.05) is 19.1 Å². The number of fused-ring (bicyclic) bond motifs is 1. The molecule has 2 heterocycles. The molecule has 3 rings (SSSR count). The van der Waals surface area contributed by atoms with Crippen LogP contribution in [0.2, 0.25) is 0 Å². The van der Waals surface area contributed by atoms with E-state index in [4.69, 9.17) is 5.73 Å². The van der Waals surface area contributed by atoms with Crippen molar-refractivity contribution in [3.63, 3.8) is 0 Å². The van der Waals surface area contributed by atoms with Crippen LogP contribution < -0.4 is 5.73 Å². The molecule has 3 nitrogen and oxygen atoms in total. The molecule has 0 saturated carbocycles. The van der Waals surface area contributed by atoms with E-state index in [1.54, 1.807) is 17.5 Å². The highest BCUT2D eigenvalue weighted by atomic mass is 32.1. The van der Waals surface area contributed by atoms with Crippen molar-refractivity contribution in [2.24, 2.45) is 0 Å². The van der Waals surface area contributed by atoms with E-state index in [0.717, 1.165) is 30.5 Å². The highest BCUT2D eigenvalue weighted by molar-refractivity contribution is 7.16. The Morgan fingerprint density at radius 2 is 2.22 bits per heavy atom. The number of rotatable bonds is 2. The third kappa shape index (κ3) is 1.73. The Labute approximate surface area is 110 Å². The monoisotopic (exact) mass is 258 g/mol. The number of nitrogens with zero attached hydrogens (tertiary/aromatic N) is 1. The lowest BCUT2D eigenvalue weighted by molar-refractivity contribution is 0.103. The van der Waals surface area contributed by atoms with Crippen LogP contribution in [0.15, 0.2) is 18.3 Å². The Bertz CT molecular complexity index is 613. The van der Waals surface area contributed by atoms with E-state index in [-0.39, 0.29) is 5.78 Å². The summed E-state index contributed by atoms with van der Waals surface area (Å²) in [7, 11) is 0. The van der Waals surface area contributed by atoms with Gasteiger partial charge < -0.3 is 5.73 Å². The molecular weight excluding hydrogens is 244 g/mol. The van der Waals surface area contributed by atoms with Gasteiger partial charge in [0.15, 0.2) is 5.78 Å². The van der Waals surface area contributed by atoms with Gasteiger partial charge in [0.2, 0.25) is 0 Å². The normalized spacial score (nSPS) is 13.6. The number of anilines is 1. The zero-order valence-electron chi connectivity index (χ0n) is 10.2. The predicted octanol–water partition coefficient (Wildman–Crippen LogP) is 2.75. The summed E-state index contributed by atoms with van der Waals surface area (Å²) in [6, 6.07) is 3.68. The standard InChI is InChI=1S/C14H14N2OS/c1-8-5-6-9(7-16-8)13(17)12-10-3-2-4-11(10)18-14(12)15/h5-7H,2-4,15H2,1H3. The fraction of sp³-hybridized carbons (Fsp3) is 0.286. The Hall–Kier alpha value is -1.68. The first kappa shape index (κ1) is 11.4. The summed E-state index contributed by atoms with van der Waals surface area (Å²) in [6.07, 6.45) is 4.80. The summed E-state index contributed by atoms with van der Waals surface area (Å²) < 4.78 is 0. The maximum absolute atomic E-state index is 12.5. The number of nitrogens with two attached hydrogens (primary N) is 1. The van der Waals surface area contributed by atoms with Crippen LogP contribution in [0.5, 0.6) is 0 Å². The number of ketones is 1. The van der Waals surface area contributed by atoms with Crippen LogP contribution in [0.1, 0.15) is 38.5 Å². The van der Waals surface area contributed by atoms with Gasteiger partial charge in [-0.25, -0.2) is 0 Å². The van der Waals surface area contributed by atoms with Crippen LogP contribution in [-0.2, 0) is 12.8 Å². The van der Waals surface area contributed by atoms with E-state index in [9.17, 15) is 4.79 Å². The molecule has 0 unspecified atom stereocenters. The third-order valence-corrected chi connectivity index (χ3v) is 4.47. The van der Waals surface area contributed by atoms with Gasteiger partial charge in [-0.3, -0.25) is 9.78 Å². The highest BCUT2D eigenvalue weighted by Gasteiger charge is 2.25. The summed E-state index contributed by atoms with van der Waals surface area (Å²) in [6.45, 7) is 1.91. The second kappa shape index (κ2) is 4.21. The lowest BCUT2D eigenvalue weighted by Crippen LogP contribution is -2.06. The molecule has 0 bridgehead atoms. The van der Waals surface area contributed by atoms with Crippen LogP contribution in [0.4, 0.5) is 5.00 Å². The van der Waals surface area contributed by atoms with Crippen molar-refractivity contribution in [1.29, 1.82) is 0 Å². The SMILES string of the molecule is Cc1ccc(C(=O)c2c(N)sc3c2CCC3)cn1. The molecule has 0 atom stereocenters. The summed E-state index contributed by atoms with van der Waals surface area (Å²) in [4.78, 5) is 17.9. The second-order valence-electron chi connectivity index (χ2n) is 4.61. The minimum Gasteiger partial charge on any atom is -0.390 e. The Balaban J connectivity index is 2.05. The van der Waals surface area contributed by atoms with Gasteiger partial charge in [-0.2, -0.15) is 0 Å². The molecule has 2 aromatic heterocycles. The Kier molecular flexibility index (Phi) is 2.67. The molecule has 18 heavy (non-hydrogen) atoms. The molecule has 1 aliphatic rings. The fourth-order valence-electron chi connectivity index (χ4n) is 2.42. The molecule has 92 valence electrons. The van der Waals surface area contributed by atoms with Crippen LogP contribution in [0.25, 0.3) is 0 Å². The van der Waals surface area contributed by atoms with Crippen LogP contribution >= 0.6 is 11.3 Å². The van der Waals surface area contributed by atoms with E-state index < -0.39 is 0 Å². The molecule has 0 saturated heterocycles. The summed E-state index contributed by atoms with van der Waals surface area (Å²) in [5, 5.41) is 0.658. The number of thiophene rings is 1. The number of carbonyl (C=O) groups is 1. The predicted molar refractivity (Wildman–Crippen MR) is 73.2 cm³/mol. The topological polar surface area (TPSA) is 56.0 Å². The van der Waals surface area contributed by atoms with Crippen LogP contribution in [0, 0.1) is 6.92 Å². The molecule has 0 spiro atoms. The average molecular weight is 258 g/mol. The summed E-state index contributed by atoms with van der Waals surface area (Å²) in [5.74, 6) is 0.0133. The van der Waals surface area contributed by atoms with Crippen LogP contribution in [0.3, 0.4) is 0 Å². The Morgan fingerprint density at radius 3 is 2.94 bits per heavy atom. The zero-order valence-corrected chi connectivity index (χ0v) is 11.0. The maximum Gasteiger partial charge on any atom is 0.197 e. The molecule has 0 amide bonds. The van der Waals surface area contributed by atoms with Gasteiger partial charge in [-0.15, -0.1) is 11.3 Å². The third-order valence-electron chi connectivity index (χ3n) is 3.35. The first-order valence-corrected chi connectivity index (χ1v) is 6.86. The first-order chi connectivity index (χ1) is 8.66. The smallest absolute Gasteiger partial charge is 0.197 e. The van der Waals surface area contributed by atoms with Gasteiger partial charge in [0, 0.05) is 22.3 Å². The number of nitrogen functional groups attached to an aromatic ring is 1. The van der Waals surface area contributed by atoms with Gasteiger partial charge in [-0.1, -0.05) is 0 Å². The molecule has 2 N–H and O–H groups in total. The van der Waals surface area contributed by atoms with Crippen molar-refractivity contribution in [2.75, 3.05) is 5.73 Å². The molecule has 1 aliphatic carbocycles. The van der Waals surface area contributed by atoms with Crippen molar-refractivity contribution in [1.82, 2.24) is 4.98 Å². The van der Waals surface area contributed by atoms with Crippen LogP contribution in [-0.4, -0.2) is 10.8 Å². The van der Waals surface area contributed by atoms with Crippen molar-refractivity contribution in [3.05, 3.63) is 45.6 Å². The summed E-state index contributed by atoms with van der Waals surface area (Å²) in [5.41, 5.74) is 9.42. The first-order valence-electron chi connectivity index (χ1n) is 6.04. The number of hydrogen-bond donors (Lipinski definition) is 1. The minimum absolute atomic E-state index is 0.0133. The van der Waals surface area contributed by atoms with E-state index in [1.165, 1.54) is 10.4 Å². The number of aryl methyl sites for hydroxylation is 2. The number of hydrogen-bond acceptors (Lipinski definition) is 4. The lowest BCUT2D eigenvalue weighted by Gasteiger charge is -2.03. The largest absolute Gasteiger partial charge is 0.390 e. The van der Waals surface area contributed by atoms with E-state index in [2.05, 4.69) is 4.98 Å². The minimum atomic E-state index is 0.0133. The number of aromatic nitrogens is 1. The van der Waals surface area contributed by atoms with Gasteiger partial charge >= 0.3 is 0 Å². The molecule has 0 fully saturated rings. The van der Waals surface area contributed by atoms with Gasteiger partial charge in [0.1, 0.15) is 0 Å². The molecule has 0 aliphatic heterocycles. The quantitative estimate of drug-likeness (QED) is 0.843. The number of pyridine rings is 1. The molecule has 2 aromatic rings. The van der Waals surface area contributed by atoms with Gasteiger partial charge in [0.05, 0.1) is 10.6 Å². The highest BCUT2D eigenvalue weighted by Crippen LogP contribution is 2.38.